The predicted octanol–water partition coefficient (Wildman–Crippen LogP) is 2.72. The van der Waals surface area contributed by atoms with Gasteiger partial charge in [0.1, 0.15) is 5.76 Å². The average Bonchev–Trinajstić information content (AvgIpc) is 3.44. The fourth-order valence-corrected chi connectivity index (χ4v) is 4.69. The molecule has 1 amide bonds. The number of carbonyl (C=O) groups is 1. The lowest BCUT2D eigenvalue weighted by atomic mass is 10.2. The van der Waals surface area contributed by atoms with Crippen LogP contribution in [0.5, 0.6) is 0 Å². The number of sulfonamides is 1. The summed E-state index contributed by atoms with van der Waals surface area (Å²) in [6.45, 7) is 0.195. The molecule has 0 bridgehead atoms. The lowest BCUT2D eigenvalue weighted by molar-refractivity contribution is -0.137. The van der Waals surface area contributed by atoms with Gasteiger partial charge in [-0.15, -0.1) is 0 Å². The lowest BCUT2D eigenvalue weighted by Crippen LogP contribution is -2.50. The van der Waals surface area contributed by atoms with E-state index in [1.54, 1.807) is 6.07 Å². The van der Waals surface area contributed by atoms with E-state index in [4.69, 9.17) is 4.52 Å². The second-order valence-electron chi connectivity index (χ2n) is 7.11. The number of piperazine rings is 1. The Morgan fingerprint density at radius 3 is 2.41 bits per heavy atom. The van der Waals surface area contributed by atoms with Gasteiger partial charge in [-0.05, 0) is 31.0 Å². The maximum Gasteiger partial charge on any atom is 0.416 e. The summed E-state index contributed by atoms with van der Waals surface area (Å²) in [5, 5.41) is 3.80. The number of amides is 1. The van der Waals surface area contributed by atoms with Gasteiger partial charge < -0.3 is 9.42 Å². The van der Waals surface area contributed by atoms with E-state index in [1.807, 2.05) is 0 Å². The van der Waals surface area contributed by atoms with Crippen molar-refractivity contribution in [1.82, 2.24) is 14.4 Å². The number of nitrogens with zero attached hydrogens (tertiary/aromatic N) is 3. The van der Waals surface area contributed by atoms with Gasteiger partial charge in [-0.2, -0.15) is 17.5 Å². The Bertz CT molecular complexity index is 1020. The third-order valence-corrected chi connectivity index (χ3v) is 6.95. The van der Waals surface area contributed by atoms with Crippen molar-refractivity contribution in [3.8, 4) is 0 Å². The van der Waals surface area contributed by atoms with Crippen molar-refractivity contribution in [2.45, 2.75) is 29.8 Å². The molecule has 1 saturated carbocycles. The molecule has 2 aliphatic rings. The van der Waals surface area contributed by atoms with Gasteiger partial charge in [0.05, 0.1) is 10.5 Å². The summed E-state index contributed by atoms with van der Waals surface area (Å²) in [4.78, 5) is 13.6. The summed E-state index contributed by atoms with van der Waals surface area (Å²) in [6.07, 6.45) is -2.61. The Hall–Kier alpha value is -2.40. The summed E-state index contributed by atoms with van der Waals surface area (Å²) in [7, 11) is -4.10. The van der Waals surface area contributed by atoms with E-state index in [0.29, 0.717) is 17.7 Å². The highest BCUT2D eigenvalue weighted by atomic mass is 32.2. The van der Waals surface area contributed by atoms with Crippen LogP contribution in [0.3, 0.4) is 0 Å². The number of rotatable bonds is 4. The SMILES string of the molecule is O=C(c1cc(C2CC2)on1)N1CCN(S(=O)(=O)c2cccc(C(F)(F)F)c2)CC1. The molecule has 2 aromatic rings. The predicted molar refractivity (Wildman–Crippen MR) is 94.6 cm³/mol. The molecule has 156 valence electrons. The monoisotopic (exact) mass is 429 g/mol. The minimum absolute atomic E-state index is 0.0162. The van der Waals surface area contributed by atoms with E-state index in [0.717, 1.165) is 35.3 Å². The van der Waals surface area contributed by atoms with Crippen LogP contribution in [0.15, 0.2) is 39.8 Å². The molecule has 0 unspecified atom stereocenters. The maximum absolute atomic E-state index is 12.9. The molecule has 7 nitrogen and oxygen atoms in total. The van der Waals surface area contributed by atoms with E-state index in [1.165, 1.54) is 4.90 Å². The highest BCUT2D eigenvalue weighted by molar-refractivity contribution is 7.89. The second kappa shape index (κ2) is 7.13. The molecule has 0 atom stereocenters. The molecule has 2 fully saturated rings. The third kappa shape index (κ3) is 4.01. The number of benzene rings is 1. The van der Waals surface area contributed by atoms with E-state index in [-0.39, 0.29) is 37.8 Å². The first-order valence-electron chi connectivity index (χ1n) is 9.09. The van der Waals surface area contributed by atoms with Gasteiger partial charge in [0, 0.05) is 38.2 Å². The van der Waals surface area contributed by atoms with Crippen molar-refractivity contribution in [3.05, 3.63) is 47.3 Å². The highest BCUT2D eigenvalue weighted by Gasteiger charge is 2.35. The number of alkyl halides is 3. The molecule has 1 aliphatic carbocycles. The Balaban J connectivity index is 1.43. The Labute approximate surface area is 165 Å². The molecule has 2 heterocycles. The fourth-order valence-electron chi connectivity index (χ4n) is 3.23. The van der Waals surface area contributed by atoms with Crippen LogP contribution in [-0.2, 0) is 16.2 Å². The topological polar surface area (TPSA) is 83.7 Å². The highest BCUT2D eigenvalue weighted by Crippen LogP contribution is 2.40. The molecular weight excluding hydrogens is 411 g/mol. The molecule has 1 aromatic carbocycles. The number of hydrogen-bond donors (Lipinski definition) is 0. The number of hydrogen-bond acceptors (Lipinski definition) is 5. The molecule has 1 aliphatic heterocycles. The van der Waals surface area contributed by atoms with Crippen molar-refractivity contribution in [3.63, 3.8) is 0 Å². The van der Waals surface area contributed by atoms with E-state index >= 15 is 0 Å². The molecule has 29 heavy (non-hydrogen) atoms. The minimum atomic E-state index is -4.63. The first-order valence-corrected chi connectivity index (χ1v) is 10.5. The third-order valence-electron chi connectivity index (χ3n) is 5.05. The summed E-state index contributed by atoms with van der Waals surface area (Å²) >= 11 is 0. The Morgan fingerprint density at radius 2 is 1.79 bits per heavy atom. The molecular formula is C18H18F3N3O4S. The molecule has 0 radical (unpaired) electrons. The van der Waals surface area contributed by atoms with Crippen molar-refractivity contribution < 1.29 is 30.9 Å². The van der Waals surface area contributed by atoms with Crippen molar-refractivity contribution in [2.24, 2.45) is 0 Å². The molecule has 1 aromatic heterocycles. The van der Waals surface area contributed by atoms with Crippen LogP contribution in [0, 0.1) is 0 Å². The number of aromatic nitrogens is 1. The fraction of sp³-hybridized carbons (Fsp3) is 0.444. The zero-order valence-corrected chi connectivity index (χ0v) is 16.0. The van der Waals surface area contributed by atoms with Crippen LogP contribution in [0.1, 0.15) is 40.6 Å². The summed E-state index contributed by atoms with van der Waals surface area (Å²) < 4.78 is 70.4. The van der Waals surface area contributed by atoms with Gasteiger partial charge in [-0.1, -0.05) is 11.2 Å². The Kier molecular flexibility index (Phi) is 4.89. The summed E-state index contributed by atoms with van der Waals surface area (Å²) in [6, 6.07) is 5.27. The quantitative estimate of drug-likeness (QED) is 0.746. The van der Waals surface area contributed by atoms with Crippen LogP contribution in [-0.4, -0.2) is 54.9 Å². The maximum atomic E-state index is 12.9. The van der Waals surface area contributed by atoms with Gasteiger partial charge in [-0.3, -0.25) is 4.79 Å². The van der Waals surface area contributed by atoms with E-state index in [9.17, 15) is 26.4 Å². The normalized spacial score (nSPS) is 18.8. The first kappa shape index (κ1) is 19.9. The largest absolute Gasteiger partial charge is 0.416 e. The number of halogens is 3. The standard InChI is InChI=1S/C18H18F3N3O4S/c19-18(20,21)13-2-1-3-14(10-13)29(26,27)24-8-6-23(7-9-24)17(25)15-11-16(28-22-15)12-4-5-12/h1-3,10-12H,4-9H2. The van der Waals surface area contributed by atoms with Crippen molar-refractivity contribution in [2.75, 3.05) is 26.2 Å². The Morgan fingerprint density at radius 1 is 1.10 bits per heavy atom. The molecule has 4 rings (SSSR count). The van der Waals surface area contributed by atoms with Crippen LogP contribution in [0.2, 0.25) is 0 Å². The smallest absolute Gasteiger partial charge is 0.360 e. The van der Waals surface area contributed by atoms with Gasteiger partial charge in [-0.25, -0.2) is 8.42 Å². The average molecular weight is 429 g/mol. The molecule has 11 heteroatoms. The number of carbonyl (C=O) groups excluding carboxylic acids is 1. The summed E-state index contributed by atoms with van der Waals surface area (Å²) in [5.41, 5.74) is -0.842. The van der Waals surface area contributed by atoms with Gasteiger partial charge in [0.2, 0.25) is 10.0 Å². The van der Waals surface area contributed by atoms with Gasteiger partial charge in [0.15, 0.2) is 5.69 Å². The second-order valence-corrected chi connectivity index (χ2v) is 9.05. The molecule has 0 N–H and O–H groups in total. The van der Waals surface area contributed by atoms with Crippen LogP contribution in [0.4, 0.5) is 13.2 Å². The van der Waals surface area contributed by atoms with E-state index < -0.39 is 26.7 Å². The minimum Gasteiger partial charge on any atom is -0.360 e. The van der Waals surface area contributed by atoms with Crippen LogP contribution < -0.4 is 0 Å². The van der Waals surface area contributed by atoms with Gasteiger partial charge in [0.25, 0.3) is 5.91 Å². The molecule has 0 spiro atoms. The first-order chi connectivity index (χ1) is 13.7. The van der Waals surface area contributed by atoms with Gasteiger partial charge >= 0.3 is 6.18 Å². The summed E-state index contributed by atoms with van der Waals surface area (Å²) in [5.74, 6) is 0.648. The van der Waals surface area contributed by atoms with Crippen LogP contribution in [0.25, 0.3) is 0 Å². The zero-order valence-electron chi connectivity index (χ0n) is 15.2. The lowest BCUT2D eigenvalue weighted by Gasteiger charge is -2.33. The van der Waals surface area contributed by atoms with Crippen LogP contribution >= 0.6 is 0 Å². The van der Waals surface area contributed by atoms with E-state index in [2.05, 4.69) is 5.16 Å². The molecule has 1 saturated heterocycles. The van der Waals surface area contributed by atoms with Crippen molar-refractivity contribution in [1.29, 1.82) is 0 Å². The van der Waals surface area contributed by atoms with Crippen molar-refractivity contribution >= 4 is 15.9 Å². The zero-order chi connectivity index (χ0) is 20.8.